The molecule has 1 heterocycles. The van der Waals surface area contributed by atoms with E-state index in [1.54, 1.807) is 23.1 Å². The molecule has 3 rings (SSSR count). The maximum atomic E-state index is 13.0. The first-order valence-corrected chi connectivity index (χ1v) is 12.0. The van der Waals surface area contributed by atoms with Crippen molar-refractivity contribution in [3.8, 4) is 0 Å². The van der Waals surface area contributed by atoms with Gasteiger partial charge >= 0.3 is 5.97 Å². The normalized spacial score (nSPS) is 16.0. The molecule has 0 N–H and O–H groups in total. The topological polar surface area (TPSA) is 96.5 Å². The van der Waals surface area contributed by atoms with Gasteiger partial charge in [-0.15, -0.1) is 0 Å². The lowest BCUT2D eigenvalue weighted by molar-refractivity contribution is -0.148. The number of rotatable bonds is 7. The smallest absolute Gasteiger partial charge is 0.327 e. The zero-order valence-electron chi connectivity index (χ0n) is 18.6. The first kappa shape index (κ1) is 25.1. The number of ether oxygens (including phenoxy) is 1. The Labute approximate surface area is 198 Å². The summed E-state index contributed by atoms with van der Waals surface area (Å²) >= 11 is 6.32. The van der Waals surface area contributed by atoms with Crippen LogP contribution in [0.15, 0.2) is 53.4 Å². The summed E-state index contributed by atoms with van der Waals surface area (Å²) in [5.74, 6) is -0.633. The molecular weight excluding hydrogens is 470 g/mol. The van der Waals surface area contributed by atoms with E-state index in [-0.39, 0.29) is 10.8 Å². The van der Waals surface area contributed by atoms with Gasteiger partial charge < -0.3 is 9.64 Å². The summed E-state index contributed by atoms with van der Waals surface area (Å²) in [7, 11) is 0.0900. The molecule has 9 nitrogen and oxygen atoms in total. The molecule has 0 spiro atoms. The van der Waals surface area contributed by atoms with E-state index >= 15 is 0 Å². The highest BCUT2D eigenvalue weighted by atomic mass is 35.5. The molecule has 178 valence electrons. The molecule has 1 aliphatic rings. The third-order valence-electron chi connectivity index (χ3n) is 5.59. The van der Waals surface area contributed by atoms with Gasteiger partial charge in [-0.3, -0.25) is 14.5 Å². The number of piperazine rings is 1. The predicted molar refractivity (Wildman–Crippen MR) is 122 cm³/mol. The monoisotopic (exact) mass is 495 g/mol. The van der Waals surface area contributed by atoms with Gasteiger partial charge in [-0.05, 0) is 35.9 Å². The van der Waals surface area contributed by atoms with Crippen LogP contribution in [0.4, 0.5) is 0 Å². The lowest BCUT2D eigenvalue weighted by Gasteiger charge is -2.38. The Morgan fingerprint density at radius 3 is 2.15 bits per heavy atom. The Morgan fingerprint density at radius 2 is 1.61 bits per heavy atom. The van der Waals surface area contributed by atoms with Crippen LogP contribution in [-0.4, -0.2) is 82.0 Å². The Balaban J connectivity index is 1.70. The SMILES string of the molecule is COC(=O)C(c1ccccc1Cl)N1CCN(C(=O)c2ccc(S(=O)(=O)N(C)OC)cc2)CC1. The summed E-state index contributed by atoms with van der Waals surface area (Å²) in [4.78, 5) is 33.9. The van der Waals surface area contributed by atoms with Gasteiger partial charge in [0.1, 0.15) is 6.04 Å². The van der Waals surface area contributed by atoms with Crippen LogP contribution in [0.25, 0.3) is 0 Å². The zero-order valence-corrected chi connectivity index (χ0v) is 20.2. The van der Waals surface area contributed by atoms with Crippen molar-refractivity contribution in [2.45, 2.75) is 10.9 Å². The summed E-state index contributed by atoms with van der Waals surface area (Å²) in [5, 5.41) is 0.473. The molecule has 2 aromatic rings. The molecule has 1 atom stereocenters. The van der Waals surface area contributed by atoms with Gasteiger partial charge in [-0.1, -0.05) is 34.3 Å². The van der Waals surface area contributed by atoms with Gasteiger partial charge in [0.05, 0.1) is 19.1 Å². The van der Waals surface area contributed by atoms with Gasteiger partial charge in [-0.2, -0.15) is 0 Å². The van der Waals surface area contributed by atoms with Crippen LogP contribution in [-0.2, 0) is 24.4 Å². The number of carbonyl (C=O) groups is 2. The molecule has 2 aromatic carbocycles. The Morgan fingerprint density at radius 1 is 1.00 bits per heavy atom. The van der Waals surface area contributed by atoms with E-state index in [1.165, 1.54) is 45.5 Å². The van der Waals surface area contributed by atoms with Gasteiger partial charge in [0.2, 0.25) is 0 Å². The molecule has 1 aliphatic heterocycles. The Bertz CT molecular complexity index is 1100. The molecule has 0 radical (unpaired) electrons. The highest BCUT2D eigenvalue weighted by Crippen LogP contribution is 2.29. The predicted octanol–water partition coefficient (Wildman–Crippen LogP) is 2.19. The molecule has 1 amide bonds. The number of hydrogen-bond donors (Lipinski definition) is 0. The van der Waals surface area contributed by atoms with Crippen molar-refractivity contribution in [3.63, 3.8) is 0 Å². The fraction of sp³-hybridized carbons (Fsp3) is 0.364. The second kappa shape index (κ2) is 10.6. The van der Waals surface area contributed by atoms with Crippen molar-refractivity contribution in [2.75, 3.05) is 47.4 Å². The molecule has 1 saturated heterocycles. The van der Waals surface area contributed by atoms with E-state index in [9.17, 15) is 18.0 Å². The quantitative estimate of drug-likeness (QED) is 0.429. The minimum absolute atomic E-state index is 0.0221. The Kier molecular flexibility index (Phi) is 8.09. The number of nitrogens with zero attached hydrogens (tertiary/aromatic N) is 3. The van der Waals surface area contributed by atoms with E-state index in [0.29, 0.717) is 42.3 Å². The highest BCUT2D eigenvalue weighted by molar-refractivity contribution is 7.89. The average molecular weight is 496 g/mol. The van der Waals surface area contributed by atoms with E-state index < -0.39 is 22.0 Å². The average Bonchev–Trinajstić information content (AvgIpc) is 2.84. The fourth-order valence-electron chi connectivity index (χ4n) is 3.66. The molecule has 0 aromatic heterocycles. The summed E-state index contributed by atoms with van der Waals surface area (Å²) in [5.41, 5.74) is 1.03. The van der Waals surface area contributed by atoms with Crippen molar-refractivity contribution >= 4 is 33.5 Å². The number of methoxy groups -OCH3 is 1. The van der Waals surface area contributed by atoms with Crippen LogP contribution in [0, 0.1) is 0 Å². The van der Waals surface area contributed by atoms with E-state index in [2.05, 4.69) is 0 Å². The number of benzene rings is 2. The van der Waals surface area contributed by atoms with Gasteiger partial charge in [0.25, 0.3) is 15.9 Å². The molecule has 0 saturated carbocycles. The summed E-state index contributed by atoms with van der Waals surface area (Å²) in [6, 6.07) is 12.2. The number of esters is 1. The molecule has 0 bridgehead atoms. The molecule has 1 unspecified atom stereocenters. The fourth-order valence-corrected chi connectivity index (χ4v) is 4.88. The second-order valence-electron chi connectivity index (χ2n) is 7.40. The van der Waals surface area contributed by atoms with Crippen molar-refractivity contribution in [1.29, 1.82) is 0 Å². The van der Waals surface area contributed by atoms with E-state index in [0.717, 1.165) is 4.47 Å². The number of hydroxylamine groups is 1. The van der Waals surface area contributed by atoms with Gasteiger partial charge in [0.15, 0.2) is 0 Å². The zero-order chi connectivity index (χ0) is 24.2. The maximum absolute atomic E-state index is 13.0. The number of halogens is 1. The first-order valence-electron chi connectivity index (χ1n) is 10.2. The number of hydrogen-bond acceptors (Lipinski definition) is 7. The van der Waals surface area contributed by atoms with Crippen LogP contribution in [0.3, 0.4) is 0 Å². The van der Waals surface area contributed by atoms with Crippen molar-refractivity contribution in [3.05, 3.63) is 64.7 Å². The minimum Gasteiger partial charge on any atom is -0.468 e. The van der Waals surface area contributed by atoms with Gasteiger partial charge in [0, 0.05) is 43.8 Å². The summed E-state index contributed by atoms with van der Waals surface area (Å²) < 4.78 is 30.4. The molecule has 11 heteroatoms. The van der Waals surface area contributed by atoms with E-state index in [4.69, 9.17) is 21.2 Å². The van der Waals surface area contributed by atoms with Crippen LogP contribution in [0.5, 0.6) is 0 Å². The van der Waals surface area contributed by atoms with Crippen LogP contribution in [0.1, 0.15) is 22.0 Å². The van der Waals surface area contributed by atoms with E-state index in [1.807, 2.05) is 11.0 Å². The largest absolute Gasteiger partial charge is 0.468 e. The maximum Gasteiger partial charge on any atom is 0.327 e. The lowest BCUT2D eigenvalue weighted by Crippen LogP contribution is -2.51. The minimum atomic E-state index is -3.79. The van der Waals surface area contributed by atoms with Crippen molar-refractivity contribution in [1.82, 2.24) is 14.3 Å². The third-order valence-corrected chi connectivity index (χ3v) is 7.62. The van der Waals surface area contributed by atoms with Gasteiger partial charge in [-0.25, -0.2) is 13.2 Å². The molecule has 33 heavy (non-hydrogen) atoms. The molecule has 0 aliphatic carbocycles. The molecule has 1 fully saturated rings. The summed E-state index contributed by atoms with van der Waals surface area (Å²) in [6.45, 7) is 1.68. The van der Waals surface area contributed by atoms with Crippen molar-refractivity contribution in [2.24, 2.45) is 0 Å². The Hall–Kier alpha value is -2.50. The highest BCUT2D eigenvalue weighted by Gasteiger charge is 2.33. The van der Waals surface area contributed by atoms with Crippen LogP contribution in [0.2, 0.25) is 5.02 Å². The summed E-state index contributed by atoms with van der Waals surface area (Å²) in [6.07, 6.45) is 0. The number of carbonyl (C=O) groups excluding carboxylic acids is 2. The number of sulfonamides is 1. The second-order valence-corrected chi connectivity index (χ2v) is 9.74. The third kappa shape index (κ3) is 5.36. The van der Waals surface area contributed by atoms with Crippen molar-refractivity contribution < 1.29 is 27.6 Å². The number of amides is 1. The lowest BCUT2D eigenvalue weighted by atomic mass is 10.0. The first-order chi connectivity index (χ1) is 15.7. The molecular formula is C22H26ClN3O6S. The van der Waals surface area contributed by atoms with Crippen LogP contribution < -0.4 is 0 Å². The van der Waals surface area contributed by atoms with Crippen LogP contribution >= 0.6 is 11.6 Å². The standard InChI is InChI=1S/C22H26ClN3O6S/c1-24(32-3)33(29,30)17-10-8-16(9-11-17)21(27)26-14-12-25(13-15-26)20(22(28)31-2)18-6-4-5-7-19(18)23/h4-11,20H,12-15H2,1-3H3.